The zero-order chi connectivity index (χ0) is 17.3. The number of hydrogen-bond acceptors (Lipinski definition) is 3. The Bertz CT molecular complexity index is 1210. The third kappa shape index (κ3) is 2.48. The lowest BCUT2D eigenvalue weighted by atomic mass is 10.1. The molecule has 5 aromatic rings. The van der Waals surface area contributed by atoms with Gasteiger partial charge in [-0.3, -0.25) is 9.38 Å². The number of rotatable bonds is 3. The van der Waals surface area contributed by atoms with Crippen LogP contribution in [0.4, 0.5) is 0 Å². The highest BCUT2D eigenvalue weighted by Gasteiger charge is 2.09. The number of pyridine rings is 2. The fraction of sp³-hybridized carbons (Fsp3) is 0. The number of benzene rings is 2. The summed E-state index contributed by atoms with van der Waals surface area (Å²) < 4.78 is 8.15. The standard InChI is InChI=1S/C22H15N3O/c1-2-6-18(7-3-1)26-21-15-23-13-17-10-9-16(12-19(17)21)20-14-24-22-8-4-5-11-25(20)22/h1-15H. The minimum absolute atomic E-state index is 0.740. The van der Waals surface area contributed by atoms with Gasteiger partial charge in [0.2, 0.25) is 0 Å². The Kier molecular flexibility index (Phi) is 3.39. The molecule has 0 unspecified atom stereocenters. The lowest BCUT2D eigenvalue weighted by Crippen LogP contribution is -1.90. The second-order valence-corrected chi connectivity index (χ2v) is 6.06. The van der Waals surface area contributed by atoms with Crippen LogP contribution >= 0.6 is 0 Å². The van der Waals surface area contributed by atoms with Crippen molar-refractivity contribution >= 4 is 16.4 Å². The number of aromatic nitrogens is 3. The van der Waals surface area contributed by atoms with E-state index in [2.05, 4.69) is 32.6 Å². The predicted octanol–water partition coefficient (Wildman–Crippen LogP) is 5.34. The number of para-hydroxylation sites is 1. The highest BCUT2D eigenvalue weighted by atomic mass is 16.5. The monoisotopic (exact) mass is 337 g/mol. The van der Waals surface area contributed by atoms with E-state index in [0.29, 0.717) is 0 Å². The Labute approximate surface area is 150 Å². The van der Waals surface area contributed by atoms with Gasteiger partial charge in [0.05, 0.1) is 18.1 Å². The van der Waals surface area contributed by atoms with Gasteiger partial charge in [-0.15, -0.1) is 0 Å². The van der Waals surface area contributed by atoms with Gasteiger partial charge in [0.25, 0.3) is 0 Å². The van der Waals surface area contributed by atoms with Crippen molar-refractivity contribution < 1.29 is 4.74 Å². The average molecular weight is 337 g/mol. The summed E-state index contributed by atoms with van der Waals surface area (Å²) in [5, 5.41) is 2.06. The van der Waals surface area contributed by atoms with E-state index in [1.165, 1.54) is 0 Å². The topological polar surface area (TPSA) is 39.4 Å². The first kappa shape index (κ1) is 14.7. The summed E-state index contributed by atoms with van der Waals surface area (Å²) in [6, 6.07) is 22.0. The maximum Gasteiger partial charge on any atom is 0.153 e. The van der Waals surface area contributed by atoms with E-state index in [1.807, 2.05) is 67.1 Å². The van der Waals surface area contributed by atoms with E-state index < -0.39 is 0 Å². The number of imidazole rings is 1. The molecule has 3 aromatic heterocycles. The lowest BCUT2D eigenvalue weighted by molar-refractivity contribution is 0.486. The predicted molar refractivity (Wildman–Crippen MR) is 102 cm³/mol. The summed E-state index contributed by atoms with van der Waals surface area (Å²) in [5.74, 6) is 1.53. The molecule has 4 heteroatoms. The smallest absolute Gasteiger partial charge is 0.153 e. The van der Waals surface area contributed by atoms with Gasteiger partial charge in [0.1, 0.15) is 11.4 Å². The summed E-state index contributed by atoms with van der Waals surface area (Å²) in [6.07, 6.45) is 7.53. The van der Waals surface area contributed by atoms with E-state index in [1.54, 1.807) is 6.20 Å². The molecule has 0 aliphatic heterocycles. The molecule has 0 fully saturated rings. The fourth-order valence-electron chi connectivity index (χ4n) is 3.14. The van der Waals surface area contributed by atoms with Crippen LogP contribution in [-0.2, 0) is 0 Å². The van der Waals surface area contributed by atoms with Crippen molar-refractivity contribution in [2.45, 2.75) is 0 Å². The highest BCUT2D eigenvalue weighted by Crippen LogP contribution is 2.32. The van der Waals surface area contributed by atoms with E-state index in [0.717, 1.165) is 39.2 Å². The Morgan fingerprint density at radius 2 is 1.69 bits per heavy atom. The summed E-state index contributed by atoms with van der Waals surface area (Å²) in [4.78, 5) is 8.79. The average Bonchev–Trinajstić information content (AvgIpc) is 3.13. The molecule has 26 heavy (non-hydrogen) atoms. The van der Waals surface area contributed by atoms with Crippen LogP contribution in [-0.4, -0.2) is 14.4 Å². The normalized spacial score (nSPS) is 11.1. The van der Waals surface area contributed by atoms with Gasteiger partial charge in [0.15, 0.2) is 5.75 Å². The molecule has 0 radical (unpaired) electrons. The van der Waals surface area contributed by atoms with Crippen molar-refractivity contribution in [2.24, 2.45) is 0 Å². The molecule has 2 aromatic carbocycles. The van der Waals surface area contributed by atoms with Crippen molar-refractivity contribution in [2.75, 3.05) is 0 Å². The Morgan fingerprint density at radius 3 is 2.62 bits per heavy atom. The molecule has 3 heterocycles. The van der Waals surface area contributed by atoms with Crippen LogP contribution in [0.15, 0.2) is 91.5 Å². The van der Waals surface area contributed by atoms with Crippen molar-refractivity contribution in [3.05, 3.63) is 91.5 Å². The molecule has 0 N–H and O–H groups in total. The molecule has 0 saturated carbocycles. The summed E-state index contributed by atoms with van der Waals surface area (Å²) in [6.45, 7) is 0. The quantitative estimate of drug-likeness (QED) is 0.446. The van der Waals surface area contributed by atoms with Crippen LogP contribution < -0.4 is 4.74 Å². The molecule has 5 rings (SSSR count). The lowest BCUT2D eigenvalue weighted by Gasteiger charge is -2.10. The fourth-order valence-corrected chi connectivity index (χ4v) is 3.14. The molecule has 0 amide bonds. The van der Waals surface area contributed by atoms with Gasteiger partial charge in [-0.1, -0.05) is 36.4 Å². The minimum Gasteiger partial charge on any atom is -0.455 e. The highest BCUT2D eigenvalue weighted by molar-refractivity contribution is 5.91. The molecule has 0 saturated heterocycles. The molecule has 0 spiro atoms. The van der Waals surface area contributed by atoms with Gasteiger partial charge in [-0.25, -0.2) is 4.98 Å². The number of fused-ring (bicyclic) bond motifs is 2. The third-order valence-corrected chi connectivity index (χ3v) is 4.41. The Hall–Kier alpha value is -3.66. The maximum absolute atomic E-state index is 6.07. The van der Waals surface area contributed by atoms with Crippen LogP contribution in [0, 0.1) is 0 Å². The van der Waals surface area contributed by atoms with Crippen molar-refractivity contribution in [3.8, 4) is 22.8 Å². The van der Waals surface area contributed by atoms with Gasteiger partial charge in [-0.2, -0.15) is 0 Å². The summed E-state index contributed by atoms with van der Waals surface area (Å²) in [7, 11) is 0. The van der Waals surface area contributed by atoms with Gasteiger partial charge in [-0.05, 0) is 30.3 Å². The largest absolute Gasteiger partial charge is 0.455 e. The van der Waals surface area contributed by atoms with Gasteiger partial charge < -0.3 is 4.74 Å². The Morgan fingerprint density at radius 1 is 0.808 bits per heavy atom. The third-order valence-electron chi connectivity index (χ3n) is 4.41. The number of nitrogens with zero attached hydrogens (tertiary/aromatic N) is 3. The van der Waals surface area contributed by atoms with E-state index in [9.17, 15) is 0 Å². The molecule has 0 aliphatic carbocycles. The maximum atomic E-state index is 6.07. The van der Waals surface area contributed by atoms with Crippen LogP contribution in [0.2, 0.25) is 0 Å². The molecule has 0 aliphatic rings. The first-order valence-electron chi connectivity index (χ1n) is 8.42. The van der Waals surface area contributed by atoms with Crippen molar-refractivity contribution in [1.29, 1.82) is 0 Å². The second kappa shape index (κ2) is 6.01. The second-order valence-electron chi connectivity index (χ2n) is 6.06. The number of hydrogen-bond donors (Lipinski definition) is 0. The molecule has 0 atom stereocenters. The van der Waals surface area contributed by atoms with E-state index in [-0.39, 0.29) is 0 Å². The summed E-state index contributed by atoms with van der Waals surface area (Å²) >= 11 is 0. The van der Waals surface area contributed by atoms with Crippen LogP contribution in [0.25, 0.3) is 27.7 Å². The van der Waals surface area contributed by atoms with Crippen molar-refractivity contribution in [1.82, 2.24) is 14.4 Å². The molecule has 4 nitrogen and oxygen atoms in total. The molecular formula is C22H15N3O. The zero-order valence-electron chi connectivity index (χ0n) is 13.9. The number of ether oxygens (including phenoxy) is 1. The van der Waals surface area contributed by atoms with E-state index >= 15 is 0 Å². The molecule has 0 bridgehead atoms. The molecule has 124 valence electrons. The van der Waals surface area contributed by atoms with Crippen molar-refractivity contribution in [3.63, 3.8) is 0 Å². The summed E-state index contributed by atoms with van der Waals surface area (Å²) in [5.41, 5.74) is 3.06. The SMILES string of the molecule is c1ccc(Oc2cncc3ccc(-c4cnc5ccccn45)cc23)cc1. The van der Waals surface area contributed by atoms with E-state index in [4.69, 9.17) is 4.74 Å². The molecular weight excluding hydrogens is 322 g/mol. The van der Waals surface area contributed by atoms with Crippen LogP contribution in [0.3, 0.4) is 0 Å². The first-order chi connectivity index (χ1) is 12.9. The van der Waals surface area contributed by atoms with Crippen LogP contribution in [0.5, 0.6) is 11.5 Å². The van der Waals surface area contributed by atoms with Gasteiger partial charge in [0, 0.05) is 28.7 Å². The zero-order valence-corrected chi connectivity index (χ0v) is 13.9. The minimum atomic E-state index is 0.740. The first-order valence-corrected chi connectivity index (χ1v) is 8.42. The Balaban J connectivity index is 1.66. The van der Waals surface area contributed by atoms with Gasteiger partial charge >= 0.3 is 0 Å². The van der Waals surface area contributed by atoms with Crippen LogP contribution in [0.1, 0.15) is 0 Å².